The summed E-state index contributed by atoms with van der Waals surface area (Å²) >= 11 is 18.5. The number of hydrogen-bond donors (Lipinski definition) is 4. The predicted octanol–water partition coefficient (Wildman–Crippen LogP) is 4.60. The van der Waals surface area contributed by atoms with Gasteiger partial charge in [-0.1, -0.05) is 77.3 Å². The van der Waals surface area contributed by atoms with Gasteiger partial charge in [-0.3, -0.25) is 9.59 Å². The van der Waals surface area contributed by atoms with Gasteiger partial charge in [-0.05, 0) is 35.4 Å². The van der Waals surface area contributed by atoms with E-state index in [1.165, 1.54) is 17.0 Å². The number of nitrogens with zero attached hydrogens (tertiary/aromatic N) is 1. The normalized spacial score (nSPS) is 11.3. The monoisotopic (exact) mass is 590 g/mol. The molecule has 0 fully saturated rings. The molecule has 0 bridgehead atoms. The van der Waals surface area contributed by atoms with E-state index in [9.17, 15) is 24.3 Å². The average Bonchev–Trinajstić information content (AvgIpc) is 2.89. The average molecular weight is 592 g/mol. The summed E-state index contributed by atoms with van der Waals surface area (Å²) in [6, 6.07) is 16.7. The molecule has 12 heteroatoms. The Hall–Kier alpha value is -3.79. The standard InChI is InChI=1S/C27H25Cl3N4O5/c1-34(15-16-6-3-2-4-7-16)27(39)32-14-22(26(37)38)33-25(36)23-20(29)11-18(12-21(23)30)24(35)31-13-17-8-5-9-19(28)10-17/h2-12,22H,13-15H2,1H3,(H,31,35)(H,32,39)(H,33,36)(H,37,38). The topological polar surface area (TPSA) is 128 Å². The SMILES string of the molecule is CN(Cc1ccccc1)C(=O)NCC(NC(=O)c1c(Cl)cc(C(=O)NCc2cccc(Cl)c2)cc1Cl)C(=O)O. The molecule has 39 heavy (non-hydrogen) atoms. The smallest absolute Gasteiger partial charge is 0.328 e. The minimum Gasteiger partial charge on any atom is -0.480 e. The number of aliphatic carboxylic acids is 1. The molecule has 9 nitrogen and oxygen atoms in total. The number of benzene rings is 3. The number of amides is 4. The number of carbonyl (C=O) groups is 4. The van der Waals surface area contributed by atoms with Crippen LogP contribution < -0.4 is 16.0 Å². The first kappa shape index (κ1) is 29.8. The van der Waals surface area contributed by atoms with Crippen molar-refractivity contribution in [2.75, 3.05) is 13.6 Å². The van der Waals surface area contributed by atoms with Crippen LogP contribution in [0.25, 0.3) is 0 Å². The molecule has 0 spiro atoms. The van der Waals surface area contributed by atoms with Crippen LogP contribution in [0.15, 0.2) is 66.7 Å². The maximum Gasteiger partial charge on any atom is 0.328 e. The maximum atomic E-state index is 12.9. The molecule has 3 rings (SSSR count). The Balaban J connectivity index is 1.61. The number of urea groups is 1. The molecule has 0 saturated carbocycles. The maximum absolute atomic E-state index is 12.9. The third-order valence-corrected chi connectivity index (χ3v) is 6.37. The van der Waals surface area contributed by atoms with E-state index in [0.29, 0.717) is 11.6 Å². The molecule has 3 aromatic rings. The van der Waals surface area contributed by atoms with Crippen molar-refractivity contribution in [3.8, 4) is 0 Å². The van der Waals surface area contributed by atoms with Crippen molar-refractivity contribution in [3.63, 3.8) is 0 Å². The predicted molar refractivity (Wildman–Crippen MR) is 149 cm³/mol. The summed E-state index contributed by atoms with van der Waals surface area (Å²) in [6.45, 7) is 0.114. The molecular weight excluding hydrogens is 567 g/mol. The van der Waals surface area contributed by atoms with E-state index in [4.69, 9.17) is 34.8 Å². The number of carboxylic acid groups (broad SMARTS) is 1. The lowest BCUT2D eigenvalue weighted by Crippen LogP contribution is -2.50. The van der Waals surface area contributed by atoms with Gasteiger partial charge in [0.25, 0.3) is 11.8 Å². The summed E-state index contributed by atoms with van der Waals surface area (Å²) in [5.74, 6) is -2.75. The lowest BCUT2D eigenvalue weighted by atomic mass is 10.1. The summed E-state index contributed by atoms with van der Waals surface area (Å²) in [5, 5.41) is 17.3. The number of carboxylic acids is 1. The minimum atomic E-state index is -1.47. The first-order chi connectivity index (χ1) is 18.5. The summed E-state index contributed by atoms with van der Waals surface area (Å²) in [5.41, 5.74) is 1.57. The second kappa shape index (κ2) is 13.8. The van der Waals surface area contributed by atoms with Crippen molar-refractivity contribution in [2.24, 2.45) is 0 Å². The molecule has 1 unspecified atom stereocenters. The van der Waals surface area contributed by atoms with Crippen LogP contribution in [0.1, 0.15) is 31.8 Å². The van der Waals surface area contributed by atoms with Crippen LogP contribution in [0, 0.1) is 0 Å². The fourth-order valence-corrected chi connectivity index (χ4v) is 4.41. The molecule has 1 atom stereocenters. The summed E-state index contributed by atoms with van der Waals surface area (Å²) < 4.78 is 0. The molecule has 0 heterocycles. The zero-order valence-electron chi connectivity index (χ0n) is 20.7. The highest BCUT2D eigenvalue weighted by Crippen LogP contribution is 2.27. The van der Waals surface area contributed by atoms with Crippen LogP contribution in [-0.4, -0.2) is 53.5 Å². The van der Waals surface area contributed by atoms with Gasteiger partial charge in [0.2, 0.25) is 0 Å². The number of rotatable bonds is 10. The summed E-state index contributed by atoms with van der Waals surface area (Å²) in [7, 11) is 1.56. The van der Waals surface area contributed by atoms with Gasteiger partial charge < -0.3 is 26.0 Å². The Morgan fingerprint density at radius 1 is 0.846 bits per heavy atom. The van der Waals surface area contributed by atoms with Crippen molar-refractivity contribution in [3.05, 3.63) is 104 Å². The fourth-order valence-electron chi connectivity index (χ4n) is 3.54. The molecule has 0 aliphatic rings. The number of carbonyl (C=O) groups excluding carboxylic acids is 3. The highest BCUT2D eigenvalue weighted by molar-refractivity contribution is 6.40. The van der Waals surface area contributed by atoms with E-state index in [-0.39, 0.29) is 27.7 Å². The zero-order valence-corrected chi connectivity index (χ0v) is 23.0. The van der Waals surface area contributed by atoms with Gasteiger partial charge in [0.05, 0.1) is 22.2 Å². The van der Waals surface area contributed by atoms with E-state index in [1.54, 1.807) is 31.3 Å². The molecule has 0 radical (unpaired) electrons. The minimum absolute atomic E-state index is 0.104. The van der Waals surface area contributed by atoms with Gasteiger partial charge in [-0.15, -0.1) is 0 Å². The van der Waals surface area contributed by atoms with E-state index >= 15 is 0 Å². The summed E-state index contributed by atoms with van der Waals surface area (Å²) in [4.78, 5) is 51.0. The number of nitrogens with one attached hydrogen (secondary N) is 3. The lowest BCUT2D eigenvalue weighted by Gasteiger charge is -2.21. The first-order valence-electron chi connectivity index (χ1n) is 11.6. The van der Waals surface area contributed by atoms with E-state index in [0.717, 1.165) is 11.1 Å². The quantitative estimate of drug-likeness (QED) is 0.274. The largest absolute Gasteiger partial charge is 0.480 e. The van der Waals surface area contributed by atoms with Crippen LogP contribution in [0.4, 0.5) is 4.79 Å². The highest BCUT2D eigenvalue weighted by Gasteiger charge is 2.25. The molecule has 0 saturated heterocycles. The van der Waals surface area contributed by atoms with Crippen LogP contribution in [0.2, 0.25) is 15.1 Å². The molecule has 0 aliphatic heterocycles. The van der Waals surface area contributed by atoms with Crippen LogP contribution >= 0.6 is 34.8 Å². The van der Waals surface area contributed by atoms with Gasteiger partial charge in [0.1, 0.15) is 6.04 Å². The fraction of sp³-hybridized carbons (Fsp3) is 0.185. The van der Waals surface area contributed by atoms with Gasteiger partial charge in [-0.25, -0.2) is 9.59 Å². The molecule has 0 aliphatic carbocycles. The van der Waals surface area contributed by atoms with Gasteiger partial charge in [-0.2, -0.15) is 0 Å². The van der Waals surface area contributed by atoms with E-state index in [2.05, 4.69) is 16.0 Å². The first-order valence-corrected chi connectivity index (χ1v) is 12.8. The molecule has 204 valence electrons. The Morgan fingerprint density at radius 2 is 1.49 bits per heavy atom. The van der Waals surface area contributed by atoms with Crippen molar-refractivity contribution in [2.45, 2.75) is 19.1 Å². The molecule has 4 amide bonds. The second-order valence-electron chi connectivity index (χ2n) is 8.52. The Bertz CT molecular complexity index is 1350. The van der Waals surface area contributed by atoms with Gasteiger partial charge in [0, 0.05) is 30.7 Å². The molecular formula is C27H25Cl3N4O5. The number of halogens is 3. The lowest BCUT2D eigenvalue weighted by molar-refractivity contribution is -0.139. The zero-order chi connectivity index (χ0) is 28.5. The highest BCUT2D eigenvalue weighted by atomic mass is 35.5. The van der Waals surface area contributed by atoms with Gasteiger partial charge in [0.15, 0.2) is 0 Å². The van der Waals surface area contributed by atoms with Crippen LogP contribution in [-0.2, 0) is 17.9 Å². The van der Waals surface area contributed by atoms with Crippen molar-refractivity contribution >= 4 is 58.6 Å². The van der Waals surface area contributed by atoms with Crippen molar-refractivity contribution < 1.29 is 24.3 Å². The van der Waals surface area contributed by atoms with Crippen molar-refractivity contribution in [1.29, 1.82) is 0 Å². The Kier molecular flexibility index (Phi) is 10.6. The van der Waals surface area contributed by atoms with E-state index < -0.39 is 36.4 Å². The molecule has 0 aromatic heterocycles. The third-order valence-electron chi connectivity index (χ3n) is 5.54. The third kappa shape index (κ3) is 8.61. The molecule has 3 aromatic carbocycles. The van der Waals surface area contributed by atoms with Crippen LogP contribution in [0.5, 0.6) is 0 Å². The summed E-state index contributed by atoms with van der Waals surface area (Å²) in [6.07, 6.45) is 0. The Morgan fingerprint density at radius 3 is 2.10 bits per heavy atom. The van der Waals surface area contributed by atoms with Gasteiger partial charge >= 0.3 is 12.0 Å². The number of hydrogen-bond acceptors (Lipinski definition) is 4. The van der Waals surface area contributed by atoms with Crippen LogP contribution in [0.3, 0.4) is 0 Å². The van der Waals surface area contributed by atoms with Crippen molar-refractivity contribution in [1.82, 2.24) is 20.9 Å². The second-order valence-corrected chi connectivity index (χ2v) is 9.77. The van der Waals surface area contributed by atoms with E-state index in [1.807, 2.05) is 30.3 Å². The Labute approximate surface area is 240 Å². The molecule has 4 N–H and O–H groups in total.